The zero-order valence-electron chi connectivity index (χ0n) is 10.0. The molecular weight excluding hydrogens is 248 g/mol. The SMILES string of the molecule is Cc1[nH]c(C)c(-c2ccc(C#N)cc2)c1C(=O)Cl. The van der Waals surface area contributed by atoms with Crippen molar-refractivity contribution in [2.75, 3.05) is 0 Å². The third-order valence-corrected chi connectivity index (χ3v) is 3.06. The summed E-state index contributed by atoms with van der Waals surface area (Å²) < 4.78 is 0. The van der Waals surface area contributed by atoms with Gasteiger partial charge in [0.2, 0.25) is 0 Å². The van der Waals surface area contributed by atoms with Crippen LogP contribution in [0.4, 0.5) is 0 Å². The molecule has 0 amide bonds. The number of aromatic amines is 1. The van der Waals surface area contributed by atoms with Crippen molar-refractivity contribution in [3.63, 3.8) is 0 Å². The van der Waals surface area contributed by atoms with Crippen molar-refractivity contribution in [1.82, 2.24) is 4.98 Å². The number of H-pyrrole nitrogens is 1. The van der Waals surface area contributed by atoms with Crippen LogP contribution in [0.5, 0.6) is 0 Å². The molecule has 2 aromatic rings. The third-order valence-electron chi connectivity index (χ3n) is 2.87. The van der Waals surface area contributed by atoms with Crippen LogP contribution in [0.25, 0.3) is 11.1 Å². The summed E-state index contributed by atoms with van der Waals surface area (Å²) in [7, 11) is 0. The Kier molecular flexibility index (Phi) is 3.22. The molecule has 90 valence electrons. The number of benzene rings is 1. The van der Waals surface area contributed by atoms with E-state index < -0.39 is 5.24 Å². The lowest BCUT2D eigenvalue weighted by atomic mass is 10.00. The van der Waals surface area contributed by atoms with E-state index in [2.05, 4.69) is 11.1 Å². The summed E-state index contributed by atoms with van der Waals surface area (Å²) in [5.74, 6) is 0. The molecule has 2 rings (SSSR count). The lowest BCUT2D eigenvalue weighted by Crippen LogP contribution is -1.93. The number of halogens is 1. The zero-order chi connectivity index (χ0) is 13.3. The van der Waals surface area contributed by atoms with E-state index in [0.717, 1.165) is 22.5 Å². The summed E-state index contributed by atoms with van der Waals surface area (Å²) in [6.07, 6.45) is 0. The predicted octanol–water partition coefficient (Wildman–Crippen LogP) is 3.55. The smallest absolute Gasteiger partial charge is 0.254 e. The normalized spacial score (nSPS) is 10.1. The van der Waals surface area contributed by atoms with Crippen LogP contribution in [0.3, 0.4) is 0 Å². The number of hydrogen-bond donors (Lipinski definition) is 1. The Balaban J connectivity index is 2.63. The first-order valence-corrected chi connectivity index (χ1v) is 5.82. The lowest BCUT2D eigenvalue weighted by Gasteiger charge is -2.03. The topological polar surface area (TPSA) is 56.6 Å². The number of hydrogen-bond acceptors (Lipinski definition) is 2. The van der Waals surface area contributed by atoms with Crippen LogP contribution in [0.1, 0.15) is 27.3 Å². The van der Waals surface area contributed by atoms with Crippen molar-refractivity contribution in [3.8, 4) is 17.2 Å². The van der Waals surface area contributed by atoms with Crippen molar-refractivity contribution >= 4 is 16.8 Å². The predicted molar refractivity (Wildman–Crippen MR) is 70.6 cm³/mol. The summed E-state index contributed by atoms with van der Waals surface area (Å²) in [4.78, 5) is 14.6. The number of aromatic nitrogens is 1. The van der Waals surface area contributed by atoms with Gasteiger partial charge < -0.3 is 4.98 Å². The van der Waals surface area contributed by atoms with E-state index in [0.29, 0.717) is 11.1 Å². The summed E-state index contributed by atoms with van der Waals surface area (Å²) in [5, 5.41) is 8.29. The molecule has 0 atom stereocenters. The fraction of sp³-hybridized carbons (Fsp3) is 0.143. The van der Waals surface area contributed by atoms with Crippen LogP contribution in [-0.2, 0) is 0 Å². The van der Waals surface area contributed by atoms with Gasteiger partial charge in [0, 0.05) is 17.0 Å². The summed E-state index contributed by atoms with van der Waals surface area (Å²) in [6.45, 7) is 3.71. The van der Waals surface area contributed by atoms with Crippen LogP contribution < -0.4 is 0 Å². The summed E-state index contributed by atoms with van der Waals surface area (Å²) in [6, 6.07) is 9.14. The maximum absolute atomic E-state index is 11.5. The van der Waals surface area contributed by atoms with E-state index in [1.165, 1.54) is 0 Å². The number of nitrogens with one attached hydrogen (secondary N) is 1. The quantitative estimate of drug-likeness (QED) is 0.838. The van der Waals surface area contributed by atoms with Gasteiger partial charge in [-0.15, -0.1) is 0 Å². The minimum Gasteiger partial charge on any atom is -0.362 e. The van der Waals surface area contributed by atoms with Gasteiger partial charge in [-0.1, -0.05) is 12.1 Å². The minimum absolute atomic E-state index is 0.476. The van der Waals surface area contributed by atoms with Gasteiger partial charge in [0.05, 0.1) is 17.2 Å². The Morgan fingerprint density at radius 1 is 1.22 bits per heavy atom. The average Bonchev–Trinajstić information content (AvgIpc) is 2.64. The first-order valence-electron chi connectivity index (χ1n) is 5.44. The van der Waals surface area contributed by atoms with Gasteiger partial charge >= 0.3 is 0 Å². The molecule has 0 unspecified atom stereocenters. The van der Waals surface area contributed by atoms with Crippen LogP contribution in [0.2, 0.25) is 0 Å². The van der Waals surface area contributed by atoms with Crippen LogP contribution in [0.15, 0.2) is 24.3 Å². The molecule has 4 heteroatoms. The molecule has 1 N–H and O–H groups in total. The maximum Gasteiger partial charge on any atom is 0.254 e. The second kappa shape index (κ2) is 4.67. The van der Waals surface area contributed by atoms with E-state index in [1.807, 2.05) is 26.0 Å². The molecule has 1 aromatic carbocycles. The van der Waals surface area contributed by atoms with E-state index in [4.69, 9.17) is 16.9 Å². The van der Waals surface area contributed by atoms with Crippen LogP contribution in [0, 0.1) is 25.2 Å². The fourth-order valence-corrected chi connectivity index (χ4v) is 2.34. The average molecular weight is 259 g/mol. The van der Waals surface area contributed by atoms with Gasteiger partial charge in [-0.05, 0) is 43.1 Å². The zero-order valence-corrected chi connectivity index (χ0v) is 10.8. The molecule has 18 heavy (non-hydrogen) atoms. The monoisotopic (exact) mass is 258 g/mol. The molecule has 0 spiro atoms. The summed E-state index contributed by atoms with van der Waals surface area (Å²) >= 11 is 5.62. The van der Waals surface area contributed by atoms with Gasteiger partial charge in [-0.2, -0.15) is 5.26 Å². The Morgan fingerprint density at radius 2 is 1.83 bits per heavy atom. The fourth-order valence-electron chi connectivity index (χ4n) is 2.10. The van der Waals surface area contributed by atoms with E-state index in [9.17, 15) is 4.79 Å². The van der Waals surface area contributed by atoms with Crippen LogP contribution in [-0.4, -0.2) is 10.2 Å². The molecule has 0 aliphatic carbocycles. The lowest BCUT2D eigenvalue weighted by molar-refractivity contribution is 0.108. The number of nitriles is 1. The Bertz CT molecular complexity index is 648. The van der Waals surface area contributed by atoms with Crippen molar-refractivity contribution in [1.29, 1.82) is 5.26 Å². The maximum atomic E-state index is 11.5. The first-order chi connectivity index (χ1) is 8.54. The van der Waals surface area contributed by atoms with E-state index in [-0.39, 0.29) is 0 Å². The Labute approximate surface area is 110 Å². The molecule has 1 heterocycles. The highest BCUT2D eigenvalue weighted by Crippen LogP contribution is 2.31. The standard InChI is InChI=1S/C14H11ClN2O/c1-8-12(13(14(15)18)9(2)17-8)11-5-3-10(7-16)4-6-11/h3-6,17H,1-2H3. The van der Waals surface area contributed by atoms with E-state index >= 15 is 0 Å². The van der Waals surface area contributed by atoms with Crippen LogP contribution >= 0.6 is 11.6 Å². The van der Waals surface area contributed by atoms with Gasteiger partial charge in [-0.25, -0.2) is 0 Å². The van der Waals surface area contributed by atoms with Crippen molar-refractivity contribution in [2.45, 2.75) is 13.8 Å². The van der Waals surface area contributed by atoms with Crippen molar-refractivity contribution < 1.29 is 4.79 Å². The molecular formula is C14H11ClN2O. The molecule has 3 nitrogen and oxygen atoms in total. The van der Waals surface area contributed by atoms with Crippen molar-refractivity contribution in [2.24, 2.45) is 0 Å². The largest absolute Gasteiger partial charge is 0.362 e. The Morgan fingerprint density at radius 3 is 2.33 bits per heavy atom. The number of aryl methyl sites for hydroxylation is 2. The molecule has 0 aliphatic heterocycles. The number of rotatable bonds is 2. The third kappa shape index (κ3) is 2.03. The van der Waals surface area contributed by atoms with Gasteiger partial charge in [0.1, 0.15) is 0 Å². The van der Waals surface area contributed by atoms with E-state index in [1.54, 1.807) is 12.1 Å². The molecule has 0 saturated carbocycles. The van der Waals surface area contributed by atoms with Crippen molar-refractivity contribution in [3.05, 3.63) is 46.8 Å². The number of carbonyl (C=O) groups excluding carboxylic acids is 1. The number of carbonyl (C=O) groups is 1. The minimum atomic E-state index is -0.476. The van der Waals surface area contributed by atoms with Gasteiger partial charge in [-0.3, -0.25) is 4.79 Å². The highest BCUT2D eigenvalue weighted by Gasteiger charge is 2.18. The second-order valence-electron chi connectivity index (χ2n) is 4.09. The number of nitrogens with zero attached hydrogens (tertiary/aromatic N) is 1. The molecule has 1 aromatic heterocycles. The molecule has 0 fully saturated rings. The highest BCUT2D eigenvalue weighted by atomic mass is 35.5. The Hall–Kier alpha value is -2.05. The molecule has 0 radical (unpaired) electrons. The van der Waals surface area contributed by atoms with Gasteiger partial charge in [0.15, 0.2) is 0 Å². The first kappa shape index (κ1) is 12.4. The molecule has 0 saturated heterocycles. The summed E-state index contributed by atoms with van der Waals surface area (Å²) in [5.41, 5.74) is 4.41. The molecule has 0 aliphatic rings. The molecule has 0 bridgehead atoms. The second-order valence-corrected chi connectivity index (χ2v) is 4.43. The van der Waals surface area contributed by atoms with Gasteiger partial charge in [0.25, 0.3) is 5.24 Å². The highest BCUT2D eigenvalue weighted by molar-refractivity contribution is 6.68.